The number of hydrogen-bond acceptors (Lipinski definition) is 4. The number of benzene rings is 1. The van der Waals surface area contributed by atoms with Gasteiger partial charge in [0.15, 0.2) is 6.04 Å². The molecule has 0 saturated carbocycles. The molecule has 0 aliphatic carbocycles. The SMILES string of the molecule is CC(C)(C)OC(=O)N[C@@H](C(=O)O)[C@@H](O)c1c(F)cccc1F. The lowest BCUT2D eigenvalue weighted by molar-refractivity contribution is -0.142. The van der Waals surface area contributed by atoms with Gasteiger partial charge in [-0.2, -0.15) is 0 Å². The van der Waals surface area contributed by atoms with Gasteiger partial charge in [-0.25, -0.2) is 18.4 Å². The summed E-state index contributed by atoms with van der Waals surface area (Å²) < 4.78 is 32.0. The van der Waals surface area contributed by atoms with Crippen molar-refractivity contribution in [2.45, 2.75) is 38.5 Å². The molecule has 0 unspecified atom stereocenters. The maximum atomic E-state index is 13.6. The Kier molecular flexibility index (Phi) is 5.43. The summed E-state index contributed by atoms with van der Waals surface area (Å²) in [4.78, 5) is 22.7. The topological polar surface area (TPSA) is 95.9 Å². The fourth-order valence-electron chi connectivity index (χ4n) is 1.67. The minimum atomic E-state index is -2.12. The predicted octanol–water partition coefficient (Wildman–Crippen LogP) is 1.98. The van der Waals surface area contributed by atoms with Crippen molar-refractivity contribution in [3.8, 4) is 0 Å². The van der Waals surface area contributed by atoms with Crippen LogP contribution in [0.1, 0.15) is 32.4 Å². The number of amides is 1. The Hall–Kier alpha value is -2.22. The Morgan fingerprint density at radius 2 is 1.73 bits per heavy atom. The van der Waals surface area contributed by atoms with E-state index in [9.17, 15) is 23.5 Å². The average molecular weight is 317 g/mol. The number of aliphatic hydroxyl groups excluding tert-OH is 1. The third-order valence-electron chi connectivity index (χ3n) is 2.55. The number of alkyl carbamates (subject to hydrolysis) is 1. The molecular formula is C14H17F2NO5. The summed E-state index contributed by atoms with van der Waals surface area (Å²) in [6.45, 7) is 4.65. The number of nitrogens with one attached hydrogen (secondary N) is 1. The summed E-state index contributed by atoms with van der Waals surface area (Å²) in [7, 11) is 0. The lowest BCUT2D eigenvalue weighted by Crippen LogP contribution is -2.47. The highest BCUT2D eigenvalue weighted by Crippen LogP contribution is 2.24. The molecule has 0 spiro atoms. The first-order valence-electron chi connectivity index (χ1n) is 6.37. The van der Waals surface area contributed by atoms with Crippen molar-refractivity contribution in [2.24, 2.45) is 0 Å². The summed E-state index contributed by atoms with van der Waals surface area (Å²) in [6.07, 6.45) is -3.25. The molecule has 0 saturated heterocycles. The molecule has 0 fully saturated rings. The Bertz CT molecular complexity index is 551. The van der Waals surface area contributed by atoms with Gasteiger partial charge in [-0.1, -0.05) is 6.07 Å². The van der Waals surface area contributed by atoms with Crippen molar-refractivity contribution in [1.82, 2.24) is 5.32 Å². The second-order valence-electron chi connectivity index (χ2n) is 5.54. The zero-order valence-corrected chi connectivity index (χ0v) is 12.3. The van der Waals surface area contributed by atoms with Crippen LogP contribution < -0.4 is 5.32 Å². The van der Waals surface area contributed by atoms with E-state index in [1.54, 1.807) is 20.8 Å². The molecule has 1 aromatic carbocycles. The summed E-state index contributed by atoms with van der Waals surface area (Å²) in [5.41, 5.74) is -1.74. The Morgan fingerprint density at radius 1 is 1.23 bits per heavy atom. The quantitative estimate of drug-likeness (QED) is 0.789. The maximum Gasteiger partial charge on any atom is 0.408 e. The van der Waals surface area contributed by atoms with Gasteiger partial charge in [0.1, 0.15) is 23.3 Å². The smallest absolute Gasteiger partial charge is 0.408 e. The van der Waals surface area contributed by atoms with Gasteiger partial charge in [-0.3, -0.25) is 0 Å². The molecule has 0 bridgehead atoms. The molecule has 0 aromatic heterocycles. The van der Waals surface area contributed by atoms with Crippen LogP contribution in [0.25, 0.3) is 0 Å². The van der Waals surface area contributed by atoms with Crippen LogP contribution in [-0.2, 0) is 9.53 Å². The standard InChI is InChI=1S/C14H17F2NO5/c1-14(2,3)22-13(21)17-10(12(19)20)11(18)9-7(15)5-4-6-8(9)16/h4-6,10-11,18H,1-3H3,(H,17,21)(H,19,20)/t10-,11+/m1/s1. The number of carboxylic acids is 1. The molecule has 0 aliphatic heterocycles. The van der Waals surface area contributed by atoms with Crippen LogP contribution in [0.5, 0.6) is 0 Å². The van der Waals surface area contributed by atoms with Crippen LogP contribution in [0.15, 0.2) is 18.2 Å². The summed E-state index contributed by atoms with van der Waals surface area (Å²) in [6, 6.07) is 0.834. The van der Waals surface area contributed by atoms with Gasteiger partial charge in [0, 0.05) is 0 Å². The van der Waals surface area contributed by atoms with Gasteiger partial charge in [0.05, 0.1) is 5.56 Å². The van der Waals surface area contributed by atoms with Crippen molar-refractivity contribution in [2.75, 3.05) is 0 Å². The molecule has 1 aromatic rings. The monoisotopic (exact) mass is 317 g/mol. The normalized spacial score (nSPS) is 14.1. The first-order valence-corrected chi connectivity index (χ1v) is 6.37. The first-order chi connectivity index (χ1) is 10.0. The van der Waals surface area contributed by atoms with Crippen molar-refractivity contribution >= 4 is 12.1 Å². The van der Waals surface area contributed by atoms with Crippen molar-refractivity contribution in [3.05, 3.63) is 35.4 Å². The number of ether oxygens (including phenoxy) is 1. The van der Waals surface area contributed by atoms with Crippen molar-refractivity contribution in [1.29, 1.82) is 0 Å². The van der Waals surface area contributed by atoms with Crippen LogP contribution in [-0.4, -0.2) is 33.9 Å². The first kappa shape index (κ1) is 17.8. The number of carbonyl (C=O) groups is 2. The molecule has 22 heavy (non-hydrogen) atoms. The molecule has 1 amide bonds. The van der Waals surface area contributed by atoms with Crippen molar-refractivity contribution < 1.29 is 33.3 Å². The number of halogens is 2. The second-order valence-corrected chi connectivity index (χ2v) is 5.54. The van der Waals surface area contributed by atoms with E-state index in [4.69, 9.17) is 9.84 Å². The minimum absolute atomic E-state index is 0.842. The zero-order chi connectivity index (χ0) is 17.1. The minimum Gasteiger partial charge on any atom is -0.480 e. The summed E-state index contributed by atoms with van der Waals surface area (Å²) in [5, 5.41) is 20.9. The number of aliphatic carboxylic acids is 1. The largest absolute Gasteiger partial charge is 0.480 e. The molecule has 122 valence electrons. The fourth-order valence-corrected chi connectivity index (χ4v) is 1.67. The highest BCUT2D eigenvalue weighted by atomic mass is 19.1. The highest BCUT2D eigenvalue weighted by Gasteiger charge is 2.34. The van der Waals surface area contributed by atoms with Crippen LogP contribution in [0, 0.1) is 11.6 Å². The number of rotatable bonds is 4. The van der Waals surface area contributed by atoms with E-state index in [2.05, 4.69) is 0 Å². The molecule has 2 atom stereocenters. The van der Waals surface area contributed by atoms with Crippen LogP contribution >= 0.6 is 0 Å². The lowest BCUT2D eigenvalue weighted by Gasteiger charge is -2.24. The Balaban J connectivity index is 3.01. The summed E-state index contributed by atoms with van der Waals surface area (Å²) in [5.74, 6) is -3.91. The average Bonchev–Trinajstić information content (AvgIpc) is 2.33. The van der Waals surface area contributed by atoms with E-state index in [-0.39, 0.29) is 0 Å². The number of carboxylic acid groups (broad SMARTS) is 1. The third-order valence-corrected chi connectivity index (χ3v) is 2.55. The molecule has 8 heteroatoms. The molecule has 1 rings (SSSR count). The van der Waals surface area contributed by atoms with E-state index in [1.807, 2.05) is 5.32 Å². The van der Waals surface area contributed by atoms with Gasteiger partial charge in [0.2, 0.25) is 0 Å². The molecule has 6 nitrogen and oxygen atoms in total. The second kappa shape index (κ2) is 6.69. The van der Waals surface area contributed by atoms with E-state index in [1.165, 1.54) is 0 Å². The fraction of sp³-hybridized carbons (Fsp3) is 0.429. The van der Waals surface area contributed by atoms with E-state index >= 15 is 0 Å². The Labute approximate surface area is 125 Å². The lowest BCUT2D eigenvalue weighted by atomic mass is 10.0. The van der Waals surface area contributed by atoms with E-state index in [0.29, 0.717) is 0 Å². The van der Waals surface area contributed by atoms with Gasteiger partial charge >= 0.3 is 12.1 Å². The number of hydrogen-bond donors (Lipinski definition) is 3. The molecular weight excluding hydrogens is 300 g/mol. The molecule has 0 radical (unpaired) electrons. The van der Waals surface area contributed by atoms with Gasteiger partial charge in [-0.15, -0.1) is 0 Å². The number of aliphatic hydroxyl groups is 1. The molecule has 0 aliphatic rings. The van der Waals surface area contributed by atoms with Crippen molar-refractivity contribution in [3.63, 3.8) is 0 Å². The third kappa shape index (κ3) is 4.66. The van der Waals surface area contributed by atoms with Crippen LogP contribution in [0.3, 0.4) is 0 Å². The van der Waals surface area contributed by atoms with Crippen LogP contribution in [0.2, 0.25) is 0 Å². The van der Waals surface area contributed by atoms with E-state index in [0.717, 1.165) is 18.2 Å². The number of carbonyl (C=O) groups excluding carboxylic acids is 1. The van der Waals surface area contributed by atoms with Crippen LogP contribution in [0.4, 0.5) is 13.6 Å². The predicted molar refractivity (Wildman–Crippen MR) is 72.1 cm³/mol. The van der Waals surface area contributed by atoms with Gasteiger partial charge in [-0.05, 0) is 32.9 Å². The highest BCUT2D eigenvalue weighted by molar-refractivity contribution is 5.80. The zero-order valence-electron chi connectivity index (χ0n) is 12.3. The van der Waals surface area contributed by atoms with E-state index < -0.39 is 47.0 Å². The van der Waals surface area contributed by atoms with Gasteiger partial charge in [0.25, 0.3) is 0 Å². The van der Waals surface area contributed by atoms with Gasteiger partial charge < -0.3 is 20.3 Å². The summed E-state index contributed by atoms with van der Waals surface area (Å²) >= 11 is 0. The molecule has 0 heterocycles. The Morgan fingerprint density at radius 3 is 2.14 bits per heavy atom. The molecule has 3 N–H and O–H groups in total. The maximum absolute atomic E-state index is 13.6.